The van der Waals surface area contributed by atoms with Crippen LogP contribution in [0, 0.1) is 5.92 Å². The highest BCUT2D eigenvalue weighted by molar-refractivity contribution is 7.90. The minimum Gasteiger partial charge on any atom is -0.497 e. The first-order valence-electron chi connectivity index (χ1n) is 11.5. The summed E-state index contributed by atoms with van der Waals surface area (Å²) in [6, 6.07) is 13.7. The minimum absolute atomic E-state index is 0.00271. The summed E-state index contributed by atoms with van der Waals surface area (Å²) in [6.45, 7) is 8.55. The maximum absolute atomic E-state index is 13.4. The number of hydrogen-bond acceptors (Lipinski definition) is 5. The summed E-state index contributed by atoms with van der Waals surface area (Å²) < 4.78 is 33.8. The monoisotopic (exact) mass is 517 g/mol. The van der Waals surface area contributed by atoms with Gasteiger partial charge in [-0.2, -0.15) is 0 Å². The van der Waals surface area contributed by atoms with Crippen molar-refractivity contribution < 1.29 is 17.9 Å². The Kier molecular flexibility index (Phi) is 8.61. The molecule has 3 rings (SSSR count). The van der Waals surface area contributed by atoms with Gasteiger partial charge in [0.25, 0.3) is 5.91 Å². The summed E-state index contributed by atoms with van der Waals surface area (Å²) in [4.78, 5) is 19.3. The highest BCUT2D eigenvalue weighted by Gasteiger charge is 2.27. The molecule has 0 N–H and O–H groups in total. The second kappa shape index (κ2) is 11.3. The molecule has 1 heterocycles. The summed E-state index contributed by atoms with van der Waals surface area (Å²) in [5.74, 6) is 0.384. The molecule has 0 aliphatic carbocycles. The first kappa shape index (κ1) is 26.8. The number of carbonyl (C=O) groups excluding carboxylic acids is 1. The molecular weight excluding hydrogens is 486 g/mol. The van der Waals surface area contributed by atoms with Crippen LogP contribution in [0.5, 0.6) is 5.75 Å². The smallest absolute Gasteiger partial charge is 0.254 e. The van der Waals surface area contributed by atoms with Crippen LogP contribution < -0.4 is 4.74 Å². The third-order valence-corrected chi connectivity index (χ3v) is 7.34. The normalized spacial score (nSPS) is 11.8. The van der Waals surface area contributed by atoms with E-state index < -0.39 is 9.84 Å². The molecule has 7 nitrogen and oxygen atoms in total. The van der Waals surface area contributed by atoms with Crippen molar-refractivity contribution in [1.29, 1.82) is 0 Å². The van der Waals surface area contributed by atoms with Crippen LogP contribution in [-0.2, 0) is 28.7 Å². The van der Waals surface area contributed by atoms with Gasteiger partial charge in [0.05, 0.1) is 31.3 Å². The lowest BCUT2D eigenvalue weighted by Crippen LogP contribution is -2.37. The van der Waals surface area contributed by atoms with E-state index in [-0.39, 0.29) is 35.3 Å². The average Bonchev–Trinajstić information content (AvgIpc) is 3.19. The molecule has 0 saturated heterocycles. The zero-order valence-electron chi connectivity index (χ0n) is 20.7. The lowest BCUT2D eigenvalue weighted by Gasteiger charge is -2.28. The number of imidazole rings is 1. The predicted octanol–water partition coefficient (Wildman–Crippen LogP) is 5.23. The molecule has 0 bridgehead atoms. The molecule has 0 spiro atoms. The van der Waals surface area contributed by atoms with E-state index in [1.54, 1.807) is 71.3 Å². The summed E-state index contributed by atoms with van der Waals surface area (Å²) in [5, 5.41) is 0.484. The standard InChI is InChI=1S/C26H32ClN3O4S/c1-18(2)15-30-23(16-29(19(3)4)25(31)21-9-7-10-22(27)13-21)14-28-26(30)35(32,33)17-20-8-6-11-24(12-20)34-5/h6-14,18-19H,15-17H2,1-5H3. The Morgan fingerprint density at radius 1 is 1.11 bits per heavy atom. The molecule has 0 saturated carbocycles. The maximum atomic E-state index is 13.4. The Labute approximate surface area is 212 Å². The Morgan fingerprint density at radius 3 is 2.46 bits per heavy atom. The van der Waals surface area contributed by atoms with E-state index >= 15 is 0 Å². The Balaban J connectivity index is 1.96. The third-order valence-electron chi connectivity index (χ3n) is 5.51. The molecule has 0 atom stereocenters. The Bertz CT molecular complexity index is 1290. The van der Waals surface area contributed by atoms with E-state index in [0.717, 1.165) is 0 Å². The number of benzene rings is 2. The number of hydrogen-bond donors (Lipinski definition) is 0. The fourth-order valence-electron chi connectivity index (χ4n) is 3.82. The average molecular weight is 518 g/mol. The molecule has 35 heavy (non-hydrogen) atoms. The first-order valence-corrected chi connectivity index (χ1v) is 13.5. The molecule has 1 aromatic heterocycles. The van der Waals surface area contributed by atoms with Crippen LogP contribution in [0.3, 0.4) is 0 Å². The van der Waals surface area contributed by atoms with Gasteiger partial charge in [-0.15, -0.1) is 0 Å². The lowest BCUT2D eigenvalue weighted by atomic mass is 10.1. The fraction of sp³-hybridized carbons (Fsp3) is 0.385. The van der Waals surface area contributed by atoms with Crippen molar-refractivity contribution in [1.82, 2.24) is 14.5 Å². The summed E-state index contributed by atoms with van der Waals surface area (Å²) >= 11 is 6.10. The van der Waals surface area contributed by atoms with Crippen LogP contribution in [-0.4, -0.2) is 41.9 Å². The molecule has 0 fully saturated rings. The summed E-state index contributed by atoms with van der Waals surface area (Å²) in [5.41, 5.74) is 1.75. The minimum atomic E-state index is -3.75. The molecular formula is C26H32ClN3O4S. The molecule has 2 aromatic carbocycles. The van der Waals surface area contributed by atoms with Gasteiger partial charge in [0.1, 0.15) is 5.75 Å². The van der Waals surface area contributed by atoms with E-state index in [2.05, 4.69) is 4.98 Å². The van der Waals surface area contributed by atoms with Crippen molar-refractivity contribution in [3.8, 4) is 5.75 Å². The molecule has 1 amide bonds. The predicted molar refractivity (Wildman–Crippen MR) is 137 cm³/mol. The lowest BCUT2D eigenvalue weighted by molar-refractivity contribution is 0.0685. The van der Waals surface area contributed by atoms with Crippen molar-refractivity contribution in [2.75, 3.05) is 7.11 Å². The zero-order valence-corrected chi connectivity index (χ0v) is 22.3. The second-order valence-electron chi connectivity index (χ2n) is 9.18. The van der Waals surface area contributed by atoms with E-state index in [1.165, 1.54) is 0 Å². The summed E-state index contributed by atoms with van der Waals surface area (Å²) in [7, 11) is -2.21. The van der Waals surface area contributed by atoms with Crippen LogP contribution in [0.4, 0.5) is 0 Å². The first-order chi connectivity index (χ1) is 16.5. The Hall–Kier alpha value is -2.84. The Morgan fingerprint density at radius 2 is 1.83 bits per heavy atom. The number of nitrogens with zero attached hydrogens (tertiary/aromatic N) is 3. The zero-order chi connectivity index (χ0) is 25.8. The number of carbonyl (C=O) groups is 1. The fourth-order valence-corrected chi connectivity index (χ4v) is 5.50. The van der Waals surface area contributed by atoms with Crippen LogP contribution in [0.2, 0.25) is 5.02 Å². The molecule has 0 radical (unpaired) electrons. The molecule has 0 unspecified atom stereocenters. The van der Waals surface area contributed by atoms with Gasteiger partial charge in [0.2, 0.25) is 15.0 Å². The number of rotatable bonds is 10. The van der Waals surface area contributed by atoms with Crippen LogP contribution in [0.15, 0.2) is 59.9 Å². The molecule has 0 aliphatic rings. The van der Waals surface area contributed by atoms with Gasteiger partial charge in [-0.05, 0) is 55.7 Å². The SMILES string of the molecule is COc1cccc(CS(=O)(=O)c2ncc(CN(C(=O)c3cccc(Cl)c3)C(C)C)n2CC(C)C)c1. The molecule has 3 aromatic rings. The number of methoxy groups -OCH3 is 1. The van der Waals surface area contributed by atoms with E-state index in [0.29, 0.717) is 34.1 Å². The van der Waals surface area contributed by atoms with Gasteiger partial charge in [-0.25, -0.2) is 13.4 Å². The third kappa shape index (κ3) is 6.64. The summed E-state index contributed by atoms with van der Waals surface area (Å²) in [6.07, 6.45) is 1.56. The van der Waals surface area contributed by atoms with Gasteiger partial charge in [-0.1, -0.05) is 43.6 Å². The van der Waals surface area contributed by atoms with Crippen LogP contribution in [0.1, 0.15) is 49.3 Å². The number of sulfone groups is 1. The van der Waals surface area contributed by atoms with E-state index in [9.17, 15) is 13.2 Å². The van der Waals surface area contributed by atoms with Gasteiger partial charge in [0, 0.05) is 23.2 Å². The van der Waals surface area contributed by atoms with Crippen molar-refractivity contribution in [2.45, 2.75) is 57.7 Å². The highest BCUT2D eigenvalue weighted by Crippen LogP contribution is 2.23. The van der Waals surface area contributed by atoms with E-state index in [4.69, 9.17) is 16.3 Å². The number of aromatic nitrogens is 2. The number of halogens is 1. The maximum Gasteiger partial charge on any atom is 0.254 e. The van der Waals surface area contributed by atoms with Crippen molar-refractivity contribution >= 4 is 27.3 Å². The molecule has 188 valence electrons. The van der Waals surface area contributed by atoms with Gasteiger partial charge < -0.3 is 14.2 Å². The van der Waals surface area contributed by atoms with Crippen LogP contribution >= 0.6 is 11.6 Å². The number of amides is 1. The van der Waals surface area contributed by atoms with Gasteiger partial charge >= 0.3 is 0 Å². The second-order valence-corrected chi connectivity index (χ2v) is 11.5. The number of ether oxygens (including phenoxy) is 1. The quantitative estimate of drug-likeness (QED) is 0.368. The molecule has 0 aliphatic heterocycles. The topological polar surface area (TPSA) is 81.5 Å². The highest BCUT2D eigenvalue weighted by atomic mass is 35.5. The van der Waals surface area contributed by atoms with E-state index in [1.807, 2.05) is 27.7 Å². The van der Waals surface area contributed by atoms with Crippen molar-refractivity contribution in [2.24, 2.45) is 5.92 Å². The largest absolute Gasteiger partial charge is 0.497 e. The van der Waals surface area contributed by atoms with Gasteiger partial charge in [-0.3, -0.25) is 4.79 Å². The molecule has 9 heteroatoms. The van der Waals surface area contributed by atoms with Crippen molar-refractivity contribution in [3.05, 3.63) is 76.6 Å². The van der Waals surface area contributed by atoms with Crippen molar-refractivity contribution in [3.63, 3.8) is 0 Å². The van der Waals surface area contributed by atoms with Crippen LogP contribution in [0.25, 0.3) is 0 Å². The van der Waals surface area contributed by atoms with Gasteiger partial charge in [0.15, 0.2) is 0 Å².